The van der Waals surface area contributed by atoms with Gasteiger partial charge in [-0.2, -0.15) is 0 Å². The Morgan fingerprint density at radius 3 is 2.41 bits per heavy atom. The van der Waals surface area contributed by atoms with E-state index in [0.717, 1.165) is 49.3 Å². The first kappa shape index (κ1) is 24.6. The Morgan fingerprint density at radius 1 is 1.09 bits per heavy atom. The maximum atomic E-state index is 13.2. The maximum absolute atomic E-state index is 13.2. The van der Waals surface area contributed by atoms with Gasteiger partial charge in [-0.05, 0) is 56.1 Å². The number of fused-ring (bicyclic) bond motifs is 1. The van der Waals surface area contributed by atoms with E-state index >= 15 is 0 Å². The summed E-state index contributed by atoms with van der Waals surface area (Å²) in [4.78, 5) is 29.5. The topological polar surface area (TPSA) is 95.7 Å². The number of anilines is 1. The van der Waals surface area contributed by atoms with Crippen molar-refractivity contribution in [3.05, 3.63) is 29.6 Å². The van der Waals surface area contributed by atoms with Crippen molar-refractivity contribution in [1.82, 2.24) is 14.7 Å². The molecule has 0 aromatic carbocycles. The second-order valence-electron chi connectivity index (χ2n) is 10.7. The van der Waals surface area contributed by atoms with E-state index in [0.29, 0.717) is 17.5 Å². The molecular weight excluding hydrogens is 428 g/mol. The van der Waals surface area contributed by atoms with Crippen LogP contribution in [0, 0.1) is 11.8 Å². The van der Waals surface area contributed by atoms with Crippen LogP contribution in [0.25, 0.3) is 5.65 Å². The maximum Gasteiger partial charge on any atom is 0.305 e. The van der Waals surface area contributed by atoms with Gasteiger partial charge in [0.05, 0.1) is 12.1 Å². The molecule has 2 heterocycles. The van der Waals surface area contributed by atoms with Crippen LogP contribution in [0.3, 0.4) is 0 Å². The molecule has 2 fully saturated rings. The monoisotopic (exact) mass is 468 g/mol. The highest BCUT2D eigenvalue weighted by molar-refractivity contribution is 5.95. The van der Waals surface area contributed by atoms with Gasteiger partial charge in [-0.3, -0.25) is 14.0 Å². The average molecular weight is 469 g/mol. The fraction of sp³-hybridized carbons (Fsp3) is 0.667. The largest absolute Gasteiger partial charge is 0.481 e. The first-order valence-corrected chi connectivity index (χ1v) is 13.2. The van der Waals surface area contributed by atoms with Crippen LogP contribution in [0.5, 0.6) is 0 Å². The average Bonchev–Trinajstić information content (AvgIpc) is 3.15. The van der Waals surface area contributed by atoms with Gasteiger partial charge in [-0.25, -0.2) is 4.98 Å². The minimum Gasteiger partial charge on any atom is -0.481 e. The molecule has 0 spiro atoms. The summed E-state index contributed by atoms with van der Waals surface area (Å²) in [6, 6.07) is 3.80. The number of pyridine rings is 1. The number of hydrogen-bond acceptors (Lipinski definition) is 4. The molecule has 186 valence electrons. The molecular formula is C27H40N4O3. The Bertz CT molecular complexity index is 987. The van der Waals surface area contributed by atoms with E-state index in [-0.39, 0.29) is 24.3 Å². The number of nitrogens with zero attached hydrogens (tertiary/aromatic N) is 2. The summed E-state index contributed by atoms with van der Waals surface area (Å²) in [7, 11) is 0. The predicted molar refractivity (Wildman–Crippen MR) is 134 cm³/mol. The van der Waals surface area contributed by atoms with E-state index in [1.807, 2.05) is 18.3 Å². The number of carbonyl (C=O) groups is 2. The standard InChI is InChI=1S/C27H40N4O3/c1-18(2)15-23-26(28-21-11-7-4-8-12-21)31-14-13-20(16-24(31)29-23)27(34)30-22(17-25(32)33)19-9-5-3-6-10-19/h13-14,16,18-19,21-22,28H,3-12,15,17H2,1-2H3,(H,30,34)(H,32,33). The van der Waals surface area contributed by atoms with Crippen LogP contribution in [0.2, 0.25) is 0 Å². The molecule has 2 aliphatic carbocycles. The number of carboxylic acid groups (broad SMARTS) is 1. The van der Waals surface area contributed by atoms with Gasteiger partial charge in [0.15, 0.2) is 0 Å². The Balaban J connectivity index is 1.56. The Kier molecular flexibility index (Phi) is 8.11. The summed E-state index contributed by atoms with van der Waals surface area (Å²) in [6.45, 7) is 4.39. The van der Waals surface area contributed by atoms with Crippen molar-refractivity contribution in [2.75, 3.05) is 5.32 Å². The van der Waals surface area contributed by atoms with Crippen LogP contribution in [0.1, 0.15) is 101 Å². The molecule has 1 amide bonds. The Morgan fingerprint density at radius 2 is 1.76 bits per heavy atom. The van der Waals surface area contributed by atoms with Crippen molar-refractivity contribution in [3.8, 4) is 0 Å². The second-order valence-corrected chi connectivity index (χ2v) is 10.7. The molecule has 7 heteroatoms. The number of hydrogen-bond donors (Lipinski definition) is 3. The van der Waals surface area contributed by atoms with Crippen molar-refractivity contribution < 1.29 is 14.7 Å². The van der Waals surface area contributed by atoms with E-state index in [2.05, 4.69) is 28.9 Å². The smallest absolute Gasteiger partial charge is 0.305 e. The first-order chi connectivity index (χ1) is 16.4. The number of imidazole rings is 1. The van der Waals surface area contributed by atoms with Crippen molar-refractivity contribution in [1.29, 1.82) is 0 Å². The van der Waals surface area contributed by atoms with Gasteiger partial charge in [0.25, 0.3) is 5.91 Å². The van der Waals surface area contributed by atoms with Gasteiger partial charge in [-0.1, -0.05) is 52.4 Å². The minimum atomic E-state index is -0.865. The van der Waals surface area contributed by atoms with Gasteiger partial charge >= 0.3 is 5.97 Å². The van der Waals surface area contributed by atoms with Crippen LogP contribution in [0.4, 0.5) is 5.82 Å². The third kappa shape index (κ3) is 6.10. The highest BCUT2D eigenvalue weighted by Crippen LogP contribution is 2.29. The third-order valence-corrected chi connectivity index (χ3v) is 7.44. The molecule has 2 aromatic heterocycles. The lowest BCUT2D eigenvalue weighted by atomic mass is 9.82. The van der Waals surface area contributed by atoms with Crippen LogP contribution in [-0.2, 0) is 11.2 Å². The zero-order chi connectivity index (χ0) is 24.1. The highest BCUT2D eigenvalue weighted by Gasteiger charge is 2.28. The molecule has 1 unspecified atom stereocenters. The van der Waals surface area contributed by atoms with Crippen molar-refractivity contribution >= 4 is 23.3 Å². The van der Waals surface area contributed by atoms with Gasteiger partial charge in [0, 0.05) is 23.8 Å². The van der Waals surface area contributed by atoms with Crippen LogP contribution >= 0.6 is 0 Å². The lowest BCUT2D eigenvalue weighted by molar-refractivity contribution is -0.137. The van der Waals surface area contributed by atoms with E-state index in [1.54, 1.807) is 0 Å². The lowest BCUT2D eigenvalue weighted by Gasteiger charge is -2.30. The number of aliphatic carboxylic acids is 1. The predicted octanol–water partition coefficient (Wildman–Crippen LogP) is 5.43. The number of carboxylic acids is 1. The van der Waals surface area contributed by atoms with Gasteiger partial charge in [-0.15, -0.1) is 0 Å². The van der Waals surface area contributed by atoms with E-state index in [4.69, 9.17) is 4.98 Å². The summed E-state index contributed by atoms with van der Waals surface area (Å²) in [5.41, 5.74) is 2.34. The Hall–Kier alpha value is -2.57. The Labute approximate surface area is 202 Å². The SMILES string of the molecule is CC(C)Cc1nc2cc(C(=O)NC(CC(=O)O)C3CCCCC3)ccn2c1NC1CCCCC1. The fourth-order valence-corrected chi connectivity index (χ4v) is 5.67. The molecule has 2 saturated carbocycles. The molecule has 1 atom stereocenters. The summed E-state index contributed by atoms with van der Waals surface area (Å²) in [5.74, 6) is 0.680. The zero-order valence-corrected chi connectivity index (χ0v) is 20.7. The highest BCUT2D eigenvalue weighted by atomic mass is 16.4. The summed E-state index contributed by atoms with van der Waals surface area (Å²) >= 11 is 0. The molecule has 7 nitrogen and oxygen atoms in total. The van der Waals surface area contributed by atoms with E-state index in [1.165, 1.54) is 38.5 Å². The fourth-order valence-electron chi connectivity index (χ4n) is 5.67. The normalized spacial score (nSPS) is 18.8. The molecule has 2 aromatic rings. The van der Waals surface area contributed by atoms with Crippen LogP contribution in [-0.4, -0.2) is 38.5 Å². The summed E-state index contributed by atoms with van der Waals surface area (Å²) in [6.07, 6.45) is 14.3. The van der Waals surface area contributed by atoms with E-state index < -0.39 is 5.97 Å². The van der Waals surface area contributed by atoms with Crippen LogP contribution in [0.15, 0.2) is 18.3 Å². The van der Waals surface area contributed by atoms with Gasteiger partial charge in [0.2, 0.25) is 0 Å². The number of aromatic nitrogens is 2. The third-order valence-electron chi connectivity index (χ3n) is 7.44. The van der Waals surface area contributed by atoms with Gasteiger partial charge < -0.3 is 15.7 Å². The number of rotatable bonds is 9. The second kappa shape index (κ2) is 11.2. The van der Waals surface area contributed by atoms with Crippen LogP contribution < -0.4 is 10.6 Å². The molecule has 4 rings (SSSR count). The van der Waals surface area contributed by atoms with Crippen molar-refractivity contribution in [3.63, 3.8) is 0 Å². The molecule has 3 N–H and O–H groups in total. The first-order valence-electron chi connectivity index (χ1n) is 13.2. The number of amides is 1. The van der Waals surface area contributed by atoms with Gasteiger partial charge in [0.1, 0.15) is 11.5 Å². The molecule has 0 radical (unpaired) electrons. The molecule has 0 saturated heterocycles. The van der Waals surface area contributed by atoms with E-state index in [9.17, 15) is 14.7 Å². The quantitative estimate of drug-likeness (QED) is 0.456. The molecule has 0 aliphatic heterocycles. The molecule has 0 bridgehead atoms. The van der Waals surface area contributed by atoms with Crippen molar-refractivity contribution in [2.24, 2.45) is 11.8 Å². The summed E-state index contributed by atoms with van der Waals surface area (Å²) < 4.78 is 2.07. The molecule has 2 aliphatic rings. The zero-order valence-electron chi connectivity index (χ0n) is 20.7. The number of nitrogens with one attached hydrogen (secondary N) is 2. The number of carbonyl (C=O) groups excluding carboxylic acids is 1. The lowest BCUT2D eigenvalue weighted by Crippen LogP contribution is -2.42. The molecule has 34 heavy (non-hydrogen) atoms. The minimum absolute atomic E-state index is 0.0317. The van der Waals surface area contributed by atoms with Crippen molar-refractivity contribution in [2.45, 2.75) is 103 Å². The summed E-state index contributed by atoms with van der Waals surface area (Å²) in [5, 5.41) is 16.2.